The number of carbonyl (C=O) groups excluding carboxylic acids is 1. The Morgan fingerprint density at radius 2 is 2.15 bits per heavy atom. The van der Waals surface area contributed by atoms with E-state index < -0.39 is 5.97 Å². The van der Waals surface area contributed by atoms with Gasteiger partial charge in [0, 0.05) is 16.9 Å². The van der Waals surface area contributed by atoms with Crippen molar-refractivity contribution in [1.29, 1.82) is 0 Å². The van der Waals surface area contributed by atoms with Crippen LogP contribution < -0.4 is 0 Å². The molecule has 0 aliphatic rings. The zero-order valence-corrected chi connectivity index (χ0v) is 11.9. The second-order valence-corrected chi connectivity index (χ2v) is 4.84. The van der Waals surface area contributed by atoms with Crippen LogP contribution >= 0.6 is 15.9 Å². The van der Waals surface area contributed by atoms with Crippen molar-refractivity contribution in [2.24, 2.45) is 0 Å². The molecule has 0 fully saturated rings. The highest BCUT2D eigenvalue weighted by molar-refractivity contribution is 9.10. The van der Waals surface area contributed by atoms with E-state index in [2.05, 4.69) is 35.6 Å². The highest BCUT2D eigenvalue weighted by Crippen LogP contribution is 2.24. The molecule has 20 heavy (non-hydrogen) atoms. The minimum atomic E-state index is -0.486. The molecular weight excluding hydrogens is 326 g/mol. The molecule has 3 aromatic heterocycles. The average Bonchev–Trinajstić information content (AvgIpc) is 2.89. The number of ether oxygens (including phenoxy) is 1. The molecule has 3 rings (SSSR count). The molecule has 0 aromatic carbocycles. The largest absolute Gasteiger partial charge is 0.464 e. The van der Waals surface area contributed by atoms with Gasteiger partial charge in [-0.15, -0.1) is 0 Å². The maximum Gasteiger partial charge on any atom is 0.356 e. The van der Waals surface area contributed by atoms with Gasteiger partial charge in [-0.2, -0.15) is 0 Å². The van der Waals surface area contributed by atoms with Crippen LogP contribution in [0.5, 0.6) is 0 Å². The van der Waals surface area contributed by atoms with Crippen LogP contribution in [-0.2, 0) is 4.74 Å². The normalized spacial score (nSPS) is 10.7. The van der Waals surface area contributed by atoms with E-state index in [9.17, 15) is 4.79 Å². The van der Waals surface area contributed by atoms with Gasteiger partial charge in [0.1, 0.15) is 11.2 Å². The minimum Gasteiger partial charge on any atom is -0.464 e. The van der Waals surface area contributed by atoms with Crippen LogP contribution in [0.1, 0.15) is 10.5 Å². The van der Waals surface area contributed by atoms with Crippen molar-refractivity contribution < 1.29 is 13.9 Å². The van der Waals surface area contributed by atoms with Gasteiger partial charge in [0.05, 0.1) is 12.7 Å². The molecule has 0 radical (unpaired) electrons. The van der Waals surface area contributed by atoms with Gasteiger partial charge in [-0.1, -0.05) is 0 Å². The minimum absolute atomic E-state index is 0.230. The van der Waals surface area contributed by atoms with Crippen molar-refractivity contribution in [3.05, 3.63) is 40.8 Å². The summed E-state index contributed by atoms with van der Waals surface area (Å²) in [6, 6.07) is 5.06. The number of methoxy groups -OCH3 is 1. The number of fused-ring (bicyclic) bond motifs is 1. The third-order valence-corrected chi connectivity index (χ3v) is 3.05. The molecule has 3 heterocycles. The Morgan fingerprint density at radius 3 is 2.85 bits per heavy atom. The van der Waals surface area contributed by atoms with E-state index in [1.54, 1.807) is 18.3 Å². The summed E-state index contributed by atoms with van der Waals surface area (Å²) in [5.74, 6) is -0.0887. The first kappa shape index (κ1) is 12.7. The Kier molecular flexibility index (Phi) is 3.19. The van der Waals surface area contributed by atoms with Gasteiger partial charge in [0.25, 0.3) is 0 Å². The molecule has 0 aliphatic carbocycles. The summed E-state index contributed by atoms with van der Waals surface area (Å²) in [6.45, 7) is 0. The standard InChI is InChI=1S/C13H8BrN3O3/c1-19-13(18)9-3-2-7(5-15-9)11-17-10-4-8(14)6-16-12(10)20-11/h2-6H,1H3. The molecule has 0 saturated carbocycles. The second-order valence-electron chi connectivity index (χ2n) is 3.92. The maximum absolute atomic E-state index is 11.3. The van der Waals surface area contributed by atoms with E-state index in [0.29, 0.717) is 22.7 Å². The monoisotopic (exact) mass is 333 g/mol. The van der Waals surface area contributed by atoms with Gasteiger partial charge in [0.15, 0.2) is 0 Å². The fraction of sp³-hybridized carbons (Fsp3) is 0.0769. The molecule has 0 atom stereocenters. The number of oxazole rings is 1. The van der Waals surface area contributed by atoms with Crippen molar-refractivity contribution in [3.8, 4) is 11.5 Å². The molecule has 100 valence electrons. The zero-order chi connectivity index (χ0) is 14.1. The molecule has 0 amide bonds. The van der Waals surface area contributed by atoms with Gasteiger partial charge in [-0.3, -0.25) is 0 Å². The number of esters is 1. The van der Waals surface area contributed by atoms with Crippen molar-refractivity contribution >= 4 is 33.1 Å². The first-order chi connectivity index (χ1) is 9.67. The molecule has 0 unspecified atom stereocenters. The Balaban J connectivity index is 2.00. The highest BCUT2D eigenvalue weighted by Gasteiger charge is 2.12. The third-order valence-electron chi connectivity index (χ3n) is 2.62. The van der Waals surface area contributed by atoms with Crippen LogP contribution in [0, 0.1) is 0 Å². The van der Waals surface area contributed by atoms with Crippen LogP contribution in [0.15, 0.2) is 39.5 Å². The Labute approximate surface area is 121 Å². The van der Waals surface area contributed by atoms with Crippen LogP contribution in [0.4, 0.5) is 0 Å². The predicted molar refractivity (Wildman–Crippen MR) is 74.1 cm³/mol. The van der Waals surface area contributed by atoms with Gasteiger partial charge in [0.2, 0.25) is 11.6 Å². The second kappa shape index (κ2) is 5.01. The smallest absolute Gasteiger partial charge is 0.356 e. The van der Waals surface area contributed by atoms with E-state index in [-0.39, 0.29) is 5.69 Å². The predicted octanol–water partition coefficient (Wildman–Crippen LogP) is 2.83. The van der Waals surface area contributed by atoms with Crippen molar-refractivity contribution in [3.63, 3.8) is 0 Å². The summed E-state index contributed by atoms with van der Waals surface area (Å²) in [6.07, 6.45) is 3.14. The first-order valence-corrected chi connectivity index (χ1v) is 6.43. The lowest BCUT2D eigenvalue weighted by Gasteiger charge is -1.98. The first-order valence-electron chi connectivity index (χ1n) is 5.64. The number of aromatic nitrogens is 3. The number of pyridine rings is 2. The molecule has 7 heteroatoms. The molecule has 3 aromatic rings. The molecule has 0 aliphatic heterocycles. The molecule has 0 N–H and O–H groups in total. The summed E-state index contributed by atoms with van der Waals surface area (Å²) in [5.41, 5.74) is 1.98. The Hall–Kier alpha value is -2.28. The van der Waals surface area contributed by atoms with E-state index in [1.165, 1.54) is 13.3 Å². The molecule has 0 spiro atoms. The highest BCUT2D eigenvalue weighted by atomic mass is 79.9. The summed E-state index contributed by atoms with van der Waals surface area (Å²) in [4.78, 5) is 23.7. The SMILES string of the molecule is COC(=O)c1ccc(-c2nc3cc(Br)cnc3o2)cn1. The number of hydrogen-bond acceptors (Lipinski definition) is 6. The number of carbonyl (C=O) groups is 1. The van der Waals surface area contributed by atoms with Gasteiger partial charge >= 0.3 is 5.97 Å². The van der Waals surface area contributed by atoms with Crippen molar-refractivity contribution in [1.82, 2.24) is 15.0 Å². The van der Waals surface area contributed by atoms with E-state index in [0.717, 1.165) is 4.47 Å². The Bertz CT molecular complexity index is 783. The molecule has 0 bridgehead atoms. The Morgan fingerprint density at radius 1 is 1.30 bits per heavy atom. The average molecular weight is 334 g/mol. The van der Waals surface area contributed by atoms with Crippen LogP contribution in [0.2, 0.25) is 0 Å². The summed E-state index contributed by atoms with van der Waals surface area (Å²) < 4.78 is 10.9. The summed E-state index contributed by atoms with van der Waals surface area (Å²) in [7, 11) is 1.31. The van der Waals surface area contributed by atoms with E-state index in [4.69, 9.17) is 4.42 Å². The van der Waals surface area contributed by atoms with E-state index >= 15 is 0 Å². The number of nitrogens with zero attached hydrogens (tertiary/aromatic N) is 3. The fourth-order valence-electron chi connectivity index (χ4n) is 1.67. The summed E-state index contributed by atoms with van der Waals surface area (Å²) in [5, 5.41) is 0. The maximum atomic E-state index is 11.3. The zero-order valence-electron chi connectivity index (χ0n) is 10.3. The topological polar surface area (TPSA) is 78.1 Å². The quantitative estimate of drug-likeness (QED) is 0.671. The number of rotatable bonds is 2. The van der Waals surface area contributed by atoms with Crippen LogP contribution in [0.3, 0.4) is 0 Å². The van der Waals surface area contributed by atoms with Gasteiger partial charge in [-0.05, 0) is 34.1 Å². The lowest BCUT2D eigenvalue weighted by atomic mass is 10.2. The van der Waals surface area contributed by atoms with Crippen molar-refractivity contribution in [2.45, 2.75) is 0 Å². The number of halogens is 1. The molecule has 0 saturated heterocycles. The van der Waals surface area contributed by atoms with Crippen molar-refractivity contribution in [2.75, 3.05) is 7.11 Å². The molecule has 6 nitrogen and oxygen atoms in total. The van der Waals surface area contributed by atoms with Gasteiger partial charge in [-0.25, -0.2) is 19.7 Å². The number of hydrogen-bond donors (Lipinski definition) is 0. The lowest BCUT2D eigenvalue weighted by Crippen LogP contribution is -2.03. The fourth-order valence-corrected chi connectivity index (χ4v) is 1.99. The third kappa shape index (κ3) is 2.27. The van der Waals surface area contributed by atoms with Crippen LogP contribution in [-0.4, -0.2) is 28.0 Å². The van der Waals surface area contributed by atoms with E-state index in [1.807, 2.05) is 6.07 Å². The van der Waals surface area contributed by atoms with Gasteiger partial charge < -0.3 is 9.15 Å². The lowest BCUT2D eigenvalue weighted by molar-refractivity contribution is 0.0594. The summed E-state index contributed by atoms with van der Waals surface area (Å²) >= 11 is 3.32. The van der Waals surface area contributed by atoms with Crippen LogP contribution in [0.25, 0.3) is 22.7 Å². The molecular formula is C13H8BrN3O3.